The smallest absolute Gasteiger partial charge is 0.261 e. The van der Waals surface area contributed by atoms with Gasteiger partial charge in [0.25, 0.3) is 5.91 Å². The van der Waals surface area contributed by atoms with Gasteiger partial charge < -0.3 is 15.0 Å². The van der Waals surface area contributed by atoms with Gasteiger partial charge >= 0.3 is 0 Å². The van der Waals surface area contributed by atoms with Crippen LogP contribution in [0.25, 0.3) is 0 Å². The van der Waals surface area contributed by atoms with Crippen LogP contribution in [0.15, 0.2) is 48.5 Å². The summed E-state index contributed by atoms with van der Waals surface area (Å²) >= 11 is 5.93. The Labute approximate surface area is 169 Å². The van der Waals surface area contributed by atoms with E-state index in [2.05, 4.69) is 5.32 Å². The van der Waals surface area contributed by atoms with Gasteiger partial charge in [-0.1, -0.05) is 36.7 Å². The highest BCUT2D eigenvalue weighted by Crippen LogP contribution is 2.18. The fourth-order valence-corrected chi connectivity index (χ4v) is 2.96. The van der Waals surface area contributed by atoms with Crippen LogP contribution in [0.1, 0.15) is 25.8 Å². The van der Waals surface area contributed by atoms with Crippen molar-refractivity contribution in [2.75, 3.05) is 13.2 Å². The van der Waals surface area contributed by atoms with E-state index >= 15 is 0 Å². The molecule has 2 amide bonds. The fourth-order valence-electron chi connectivity index (χ4n) is 2.78. The van der Waals surface area contributed by atoms with Crippen molar-refractivity contribution in [1.29, 1.82) is 0 Å². The van der Waals surface area contributed by atoms with Crippen LogP contribution in [0.4, 0.5) is 4.39 Å². The summed E-state index contributed by atoms with van der Waals surface area (Å²) in [5.74, 6) is -0.471. The molecule has 0 heterocycles. The van der Waals surface area contributed by atoms with E-state index in [1.165, 1.54) is 17.0 Å². The molecule has 0 aromatic heterocycles. The number of halogens is 2. The largest absolute Gasteiger partial charge is 0.484 e. The molecule has 0 aliphatic rings. The monoisotopic (exact) mass is 406 g/mol. The molecule has 2 aromatic rings. The van der Waals surface area contributed by atoms with Crippen molar-refractivity contribution in [3.05, 3.63) is 64.9 Å². The lowest BCUT2D eigenvalue weighted by molar-refractivity contribution is -0.142. The normalized spacial score (nSPS) is 11.6. The summed E-state index contributed by atoms with van der Waals surface area (Å²) in [5, 5.41) is 3.26. The van der Waals surface area contributed by atoms with E-state index < -0.39 is 6.04 Å². The van der Waals surface area contributed by atoms with Gasteiger partial charge in [-0.15, -0.1) is 0 Å². The van der Waals surface area contributed by atoms with Gasteiger partial charge in [0.2, 0.25) is 5.91 Å². The summed E-state index contributed by atoms with van der Waals surface area (Å²) in [5.41, 5.74) is 0.722. The minimum atomic E-state index is -0.652. The molecule has 150 valence electrons. The van der Waals surface area contributed by atoms with Gasteiger partial charge in [0.05, 0.1) is 0 Å². The Morgan fingerprint density at radius 2 is 1.89 bits per heavy atom. The zero-order valence-electron chi connectivity index (χ0n) is 16.0. The van der Waals surface area contributed by atoms with E-state index in [1.807, 2.05) is 13.8 Å². The van der Waals surface area contributed by atoms with Crippen molar-refractivity contribution in [2.24, 2.45) is 0 Å². The average Bonchev–Trinajstić information content (AvgIpc) is 2.68. The highest BCUT2D eigenvalue weighted by atomic mass is 35.5. The predicted molar refractivity (Wildman–Crippen MR) is 107 cm³/mol. The number of benzene rings is 2. The third kappa shape index (κ3) is 6.23. The molecule has 7 heteroatoms. The zero-order chi connectivity index (χ0) is 20.5. The highest BCUT2D eigenvalue weighted by molar-refractivity contribution is 6.30. The molecule has 2 rings (SSSR count). The number of carbonyl (C=O) groups is 2. The highest BCUT2D eigenvalue weighted by Gasteiger charge is 2.28. The first-order chi connectivity index (χ1) is 13.4. The maximum atomic E-state index is 13.2. The van der Waals surface area contributed by atoms with Crippen LogP contribution in [0, 0.1) is 5.82 Å². The van der Waals surface area contributed by atoms with Gasteiger partial charge in [0.1, 0.15) is 17.6 Å². The maximum Gasteiger partial charge on any atom is 0.261 e. The number of ether oxygens (including phenoxy) is 1. The Kier molecular flexibility index (Phi) is 8.26. The van der Waals surface area contributed by atoms with Crippen molar-refractivity contribution in [3.63, 3.8) is 0 Å². The lowest BCUT2D eigenvalue weighted by Crippen LogP contribution is -2.50. The van der Waals surface area contributed by atoms with Crippen LogP contribution in [0.5, 0.6) is 5.75 Å². The maximum absolute atomic E-state index is 13.2. The number of amides is 2. The zero-order valence-corrected chi connectivity index (χ0v) is 16.7. The van der Waals surface area contributed by atoms with Gasteiger partial charge in [0.15, 0.2) is 6.61 Å². The minimum Gasteiger partial charge on any atom is -0.484 e. The van der Waals surface area contributed by atoms with Crippen molar-refractivity contribution in [3.8, 4) is 5.75 Å². The number of nitrogens with one attached hydrogen (secondary N) is 1. The first kappa shape index (κ1) is 21.7. The molecule has 0 radical (unpaired) electrons. The van der Waals surface area contributed by atoms with E-state index in [-0.39, 0.29) is 30.8 Å². The van der Waals surface area contributed by atoms with Crippen LogP contribution in [0.2, 0.25) is 5.02 Å². The average molecular weight is 407 g/mol. The molecule has 1 atom stereocenters. The standard InChI is InChI=1S/C21H24ClFN2O3/c1-3-19(21(27)24-4-2)25(13-15-8-10-17(23)11-9-15)20(26)14-28-18-7-5-6-16(22)12-18/h5-12,19H,3-4,13-14H2,1-2H3,(H,24,27). The van der Waals surface area contributed by atoms with E-state index in [4.69, 9.17) is 16.3 Å². The van der Waals surface area contributed by atoms with Crippen molar-refractivity contribution in [2.45, 2.75) is 32.9 Å². The molecule has 0 bridgehead atoms. The van der Waals surface area contributed by atoms with Gasteiger partial charge in [-0.05, 0) is 49.2 Å². The van der Waals surface area contributed by atoms with E-state index in [0.29, 0.717) is 23.7 Å². The van der Waals surface area contributed by atoms with E-state index in [0.717, 1.165) is 5.56 Å². The summed E-state index contributed by atoms with van der Waals surface area (Å²) in [4.78, 5) is 26.8. The molecule has 1 unspecified atom stereocenters. The van der Waals surface area contributed by atoms with Gasteiger partial charge in [-0.3, -0.25) is 9.59 Å². The second-order valence-electron chi connectivity index (χ2n) is 6.21. The third-order valence-corrected chi connectivity index (χ3v) is 4.40. The van der Waals surface area contributed by atoms with Gasteiger partial charge in [0, 0.05) is 18.1 Å². The van der Waals surface area contributed by atoms with Crippen LogP contribution < -0.4 is 10.1 Å². The molecule has 0 saturated carbocycles. The Balaban J connectivity index is 2.18. The SMILES string of the molecule is CCNC(=O)C(CC)N(Cc1ccc(F)cc1)C(=O)COc1cccc(Cl)c1. The van der Waals surface area contributed by atoms with Crippen LogP contribution in [-0.2, 0) is 16.1 Å². The molecule has 28 heavy (non-hydrogen) atoms. The molecule has 1 N–H and O–H groups in total. The fraction of sp³-hybridized carbons (Fsp3) is 0.333. The quantitative estimate of drug-likeness (QED) is 0.689. The molecule has 0 spiro atoms. The summed E-state index contributed by atoms with van der Waals surface area (Å²) in [6.45, 7) is 4.06. The summed E-state index contributed by atoms with van der Waals surface area (Å²) in [7, 11) is 0. The molecule has 5 nitrogen and oxygen atoms in total. The molecule has 0 saturated heterocycles. The number of nitrogens with zero attached hydrogens (tertiary/aromatic N) is 1. The molecular formula is C21H24ClFN2O3. The first-order valence-electron chi connectivity index (χ1n) is 9.14. The molecule has 0 fully saturated rings. The molecule has 2 aromatic carbocycles. The van der Waals surface area contributed by atoms with Gasteiger partial charge in [-0.2, -0.15) is 0 Å². The Morgan fingerprint density at radius 3 is 2.50 bits per heavy atom. The van der Waals surface area contributed by atoms with E-state index in [9.17, 15) is 14.0 Å². The van der Waals surface area contributed by atoms with Gasteiger partial charge in [-0.25, -0.2) is 4.39 Å². The molecule has 0 aliphatic carbocycles. The van der Waals surface area contributed by atoms with Crippen LogP contribution >= 0.6 is 11.6 Å². The molecule has 0 aliphatic heterocycles. The number of rotatable bonds is 9. The number of carbonyl (C=O) groups excluding carboxylic acids is 2. The van der Waals surface area contributed by atoms with Crippen molar-refractivity contribution >= 4 is 23.4 Å². The summed E-state index contributed by atoms with van der Waals surface area (Å²) in [6.07, 6.45) is 0.440. The van der Waals surface area contributed by atoms with Crippen molar-refractivity contribution < 1.29 is 18.7 Å². The Hall–Kier alpha value is -2.60. The summed E-state index contributed by atoms with van der Waals surface area (Å²) in [6, 6.07) is 11.9. The minimum absolute atomic E-state index is 0.174. The Morgan fingerprint density at radius 1 is 1.18 bits per heavy atom. The number of hydrogen-bond acceptors (Lipinski definition) is 3. The lowest BCUT2D eigenvalue weighted by Gasteiger charge is -2.30. The predicted octanol–water partition coefficient (Wildman–Crippen LogP) is 3.80. The number of likely N-dealkylation sites (N-methyl/N-ethyl adjacent to an activating group) is 1. The van der Waals surface area contributed by atoms with Crippen molar-refractivity contribution in [1.82, 2.24) is 10.2 Å². The second kappa shape index (κ2) is 10.7. The number of hydrogen-bond donors (Lipinski definition) is 1. The second-order valence-corrected chi connectivity index (χ2v) is 6.65. The van der Waals surface area contributed by atoms with Crippen LogP contribution in [-0.4, -0.2) is 35.9 Å². The Bertz CT molecular complexity index is 798. The third-order valence-electron chi connectivity index (χ3n) is 4.16. The lowest BCUT2D eigenvalue weighted by atomic mass is 10.1. The molecular weight excluding hydrogens is 383 g/mol. The van der Waals surface area contributed by atoms with Crippen LogP contribution in [0.3, 0.4) is 0 Å². The topological polar surface area (TPSA) is 58.6 Å². The van der Waals surface area contributed by atoms with E-state index in [1.54, 1.807) is 36.4 Å². The summed E-state index contributed by atoms with van der Waals surface area (Å²) < 4.78 is 18.8. The first-order valence-corrected chi connectivity index (χ1v) is 9.52.